The normalized spacial score (nSPS) is 20.2. The summed E-state index contributed by atoms with van der Waals surface area (Å²) in [6.07, 6.45) is 4.73. The third kappa shape index (κ3) is 6.10. The Morgan fingerprint density at radius 3 is 2.52 bits per heavy atom. The van der Waals surface area contributed by atoms with Gasteiger partial charge in [-0.2, -0.15) is 0 Å². The Morgan fingerprint density at radius 1 is 1.19 bits per heavy atom. The third-order valence-electron chi connectivity index (χ3n) is 5.47. The molecule has 2 fully saturated rings. The third-order valence-corrected chi connectivity index (χ3v) is 6.06. The molecule has 0 saturated carbocycles. The largest absolute Gasteiger partial charge is 0.381 e. The predicted molar refractivity (Wildman–Crippen MR) is 124 cm³/mol. The van der Waals surface area contributed by atoms with E-state index in [4.69, 9.17) is 27.9 Å². The van der Waals surface area contributed by atoms with Crippen LogP contribution >= 0.6 is 47.2 Å². The van der Waals surface area contributed by atoms with Crippen LogP contribution in [0.25, 0.3) is 0 Å². The molecule has 0 atom stereocenters. The fraction of sp³-hybridized carbons (Fsp3) is 0.632. The van der Waals surface area contributed by atoms with Crippen LogP contribution in [0.5, 0.6) is 0 Å². The van der Waals surface area contributed by atoms with E-state index in [9.17, 15) is 0 Å². The second kappa shape index (κ2) is 11.0. The first kappa shape index (κ1) is 23.0. The Morgan fingerprint density at radius 2 is 1.89 bits per heavy atom. The molecule has 27 heavy (non-hydrogen) atoms. The lowest BCUT2D eigenvalue weighted by molar-refractivity contribution is -0.0164. The van der Waals surface area contributed by atoms with Gasteiger partial charge in [0.15, 0.2) is 5.96 Å². The van der Waals surface area contributed by atoms with Crippen molar-refractivity contribution in [3.05, 3.63) is 33.8 Å². The zero-order valence-electron chi connectivity index (χ0n) is 15.8. The van der Waals surface area contributed by atoms with E-state index in [1.165, 1.54) is 25.9 Å². The smallest absolute Gasteiger partial charge is 0.191 e. The van der Waals surface area contributed by atoms with Crippen molar-refractivity contribution in [2.24, 2.45) is 4.99 Å². The first-order chi connectivity index (χ1) is 12.6. The predicted octanol–water partition coefficient (Wildman–Crippen LogP) is 3.92. The van der Waals surface area contributed by atoms with Crippen LogP contribution in [0.1, 0.15) is 31.2 Å². The number of rotatable bonds is 5. The number of hydrogen-bond acceptors (Lipinski definition) is 3. The van der Waals surface area contributed by atoms with E-state index in [2.05, 4.69) is 20.5 Å². The van der Waals surface area contributed by atoms with Crippen LogP contribution < -0.4 is 10.6 Å². The van der Waals surface area contributed by atoms with Crippen molar-refractivity contribution >= 4 is 53.1 Å². The van der Waals surface area contributed by atoms with Crippen molar-refractivity contribution in [3.8, 4) is 0 Å². The molecule has 2 saturated heterocycles. The van der Waals surface area contributed by atoms with Gasteiger partial charge < -0.3 is 15.4 Å². The highest BCUT2D eigenvalue weighted by atomic mass is 127. The van der Waals surface area contributed by atoms with E-state index in [1.807, 2.05) is 12.1 Å². The van der Waals surface area contributed by atoms with Crippen molar-refractivity contribution in [2.75, 3.05) is 39.9 Å². The molecule has 0 aromatic heterocycles. The SMILES string of the molecule is CN=C(NCc1ccc(Cl)cc1Cl)NCC1(N2CCCC2)CCOCC1.I. The fourth-order valence-electron chi connectivity index (χ4n) is 3.86. The standard InChI is InChI=1S/C19H28Cl2N4O.HI/c1-22-18(23-13-15-4-5-16(20)12-17(15)21)24-14-19(6-10-26-11-7-19)25-8-2-3-9-25;/h4-5,12H,2-3,6-11,13-14H2,1H3,(H2,22,23,24);1H. The summed E-state index contributed by atoms with van der Waals surface area (Å²) in [5.41, 5.74) is 1.17. The molecule has 5 nitrogen and oxygen atoms in total. The number of guanidine groups is 1. The maximum Gasteiger partial charge on any atom is 0.191 e. The Labute approximate surface area is 189 Å². The van der Waals surface area contributed by atoms with Gasteiger partial charge in [0.2, 0.25) is 0 Å². The summed E-state index contributed by atoms with van der Waals surface area (Å²) in [7, 11) is 1.80. The van der Waals surface area contributed by atoms with Crippen molar-refractivity contribution < 1.29 is 4.74 Å². The summed E-state index contributed by atoms with van der Waals surface area (Å²) in [4.78, 5) is 7.01. The molecule has 2 N–H and O–H groups in total. The fourth-order valence-corrected chi connectivity index (χ4v) is 4.34. The van der Waals surface area contributed by atoms with Crippen LogP contribution in [-0.2, 0) is 11.3 Å². The molecule has 8 heteroatoms. The summed E-state index contributed by atoms with van der Waals surface area (Å²) < 4.78 is 5.62. The molecule has 2 aliphatic rings. The Kier molecular flexibility index (Phi) is 9.41. The molecule has 152 valence electrons. The minimum atomic E-state index is 0. The van der Waals surface area contributed by atoms with Crippen LogP contribution in [0.4, 0.5) is 0 Å². The first-order valence-corrected chi connectivity index (χ1v) is 10.1. The van der Waals surface area contributed by atoms with Gasteiger partial charge >= 0.3 is 0 Å². The average Bonchev–Trinajstić information content (AvgIpc) is 3.19. The van der Waals surface area contributed by atoms with Crippen LogP contribution in [0.3, 0.4) is 0 Å². The van der Waals surface area contributed by atoms with Gasteiger partial charge in [-0.25, -0.2) is 0 Å². The van der Waals surface area contributed by atoms with Crippen LogP contribution in [0.15, 0.2) is 23.2 Å². The molecule has 2 heterocycles. The topological polar surface area (TPSA) is 48.9 Å². The van der Waals surface area contributed by atoms with Gasteiger partial charge in [0.25, 0.3) is 0 Å². The second-order valence-corrected chi connectivity index (χ2v) is 7.89. The molecule has 0 radical (unpaired) electrons. The highest BCUT2D eigenvalue weighted by Crippen LogP contribution is 2.30. The molecule has 1 aromatic rings. The average molecular weight is 527 g/mol. The molecule has 0 bridgehead atoms. The number of likely N-dealkylation sites (tertiary alicyclic amines) is 1. The van der Waals surface area contributed by atoms with E-state index in [0.717, 1.165) is 44.1 Å². The molecule has 0 unspecified atom stereocenters. The van der Waals surface area contributed by atoms with E-state index < -0.39 is 0 Å². The van der Waals surface area contributed by atoms with Crippen LogP contribution in [0, 0.1) is 0 Å². The van der Waals surface area contributed by atoms with Crippen molar-refractivity contribution in [1.29, 1.82) is 0 Å². The van der Waals surface area contributed by atoms with E-state index in [-0.39, 0.29) is 29.5 Å². The number of aliphatic imine (C=N–C) groups is 1. The summed E-state index contributed by atoms with van der Waals surface area (Å²) >= 11 is 12.2. The summed E-state index contributed by atoms with van der Waals surface area (Å²) in [5, 5.41) is 8.20. The first-order valence-electron chi connectivity index (χ1n) is 9.34. The molecule has 2 aliphatic heterocycles. The van der Waals surface area contributed by atoms with Crippen LogP contribution in [0.2, 0.25) is 10.0 Å². The van der Waals surface area contributed by atoms with Crippen molar-refractivity contribution in [3.63, 3.8) is 0 Å². The maximum absolute atomic E-state index is 6.26. The summed E-state index contributed by atoms with van der Waals surface area (Å²) in [5.74, 6) is 0.793. The quantitative estimate of drug-likeness (QED) is 0.347. The maximum atomic E-state index is 6.26. The molecular formula is C19H29Cl2IN4O. The number of hydrogen-bond donors (Lipinski definition) is 2. The van der Waals surface area contributed by atoms with Gasteiger partial charge in [0.05, 0.1) is 0 Å². The van der Waals surface area contributed by atoms with Gasteiger partial charge in [-0.05, 0) is 56.5 Å². The highest BCUT2D eigenvalue weighted by molar-refractivity contribution is 14.0. The summed E-state index contributed by atoms with van der Waals surface area (Å²) in [6.45, 7) is 5.54. The van der Waals surface area contributed by atoms with Crippen molar-refractivity contribution in [2.45, 2.75) is 37.8 Å². The lowest BCUT2D eigenvalue weighted by atomic mass is 9.88. The van der Waals surface area contributed by atoms with Gasteiger partial charge in [0.1, 0.15) is 0 Å². The Balaban J connectivity index is 0.00000261. The van der Waals surface area contributed by atoms with Gasteiger partial charge in [0, 0.05) is 48.9 Å². The Hall–Kier alpha value is -0.280. The lowest BCUT2D eigenvalue weighted by Crippen LogP contribution is -2.58. The van der Waals surface area contributed by atoms with Gasteiger partial charge in [-0.15, -0.1) is 24.0 Å². The number of nitrogens with one attached hydrogen (secondary N) is 2. The molecular weight excluding hydrogens is 498 g/mol. The zero-order valence-corrected chi connectivity index (χ0v) is 19.6. The van der Waals surface area contributed by atoms with Crippen molar-refractivity contribution in [1.82, 2.24) is 15.5 Å². The van der Waals surface area contributed by atoms with Gasteiger partial charge in [-0.1, -0.05) is 29.3 Å². The monoisotopic (exact) mass is 526 g/mol. The second-order valence-electron chi connectivity index (χ2n) is 7.05. The minimum absolute atomic E-state index is 0. The van der Waals surface area contributed by atoms with E-state index in [1.54, 1.807) is 13.1 Å². The van der Waals surface area contributed by atoms with E-state index in [0.29, 0.717) is 16.6 Å². The number of benzene rings is 1. The van der Waals surface area contributed by atoms with Crippen LogP contribution in [-0.4, -0.2) is 56.3 Å². The zero-order chi connectivity index (χ0) is 18.4. The lowest BCUT2D eigenvalue weighted by Gasteiger charge is -2.45. The number of nitrogens with zero attached hydrogens (tertiary/aromatic N) is 2. The molecule has 0 spiro atoms. The van der Waals surface area contributed by atoms with Gasteiger partial charge in [-0.3, -0.25) is 9.89 Å². The molecule has 0 amide bonds. The minimum Gasteiger partial charge on any atom is -0.381 e. The Bertz CT molecular complexity index is 632. The molecule has 3 rings (SSSR count). The van der Waals surface area contributed by atoms with E-state index >= 15 is 0 Å². The highest BCUT2D eigenvalue weighted by Gasteiger charge is 2.39. The molecule has 1 aromatic carbocycles. The summed E-state index contributed by atoms with van der Waals surface area (Å²) in [6, 6.07) is 5.56. The number of ether oxygens (including phenoxy) is 1. The number of halogens is 3. The molecule has 0 aliphatic carbocycles.